The summed E-state index contributed by atoms with van der Waals surface area (Å²) in [7, 11) is 2.17. The van der Waals surface area contributed by atoms with Gasteiger partial charge < -0.3 is 25.4 Å². The summed E-state index contributed by atoms with van der Waals surface area (Å²) >= 11 is 0. The van der Waals surface area contributed by atoms with E-state index in [4.69, 9.17) is 15.2 Å². The van der Waals surface area contributed by atoms with Crippen LogP contribution in [0.1, 0.15) is 27.7 Å². The highest BCUT2D eigenvalue weighted by Gasteiger charge is 2.24. The van der Waals surface area contributed by atoms with Gasteiger partial charge in [-0.2, -0.15) is 0 Å². The van der Waals surface area contributed by atoms with E-state index >= 15 is 0 Å². The molecular weight excluding hydrogens is 481 g/mol. The van der Waals surface area contributed by atoms with E-state index in [-0.39, 0.29) is 24.0 Å². The molecule has 0 spiro atoms. The molecule has 0 amide bonds. The molecule has 1 unspecified atom stereocenters. The van der Waals surface area contributed by atoms with Gasteiger partial charge in [0.2, 0.25) is 0 Å². The monoisotopic (exact) mass is 519 g/mol. The maximum atomic E-state index is 6.21. The molecule has 1 heterocycles. The van der Waals surface area contributed by atoms with Crippen molar-refractivity contribution in [1.82, 2.24) is 9.80 Å². The topological polar surface area (TPSA) is 75.3 Å². The summed E-state index contributed by atoms with van der Waals surface area (Å²) in [6, 6.07) is 6.08. The van der Waals surface area contributed by atoms with Gasteiger partial charge in [-0.25, -0.2) is 0 Å². The van der Waals surface area contributed by atoms with Gasteiger partial charge in [0.1, 0.15) is 11.5 Å². The summed E-state index contributed by atoms with van der Waals surface area (Å²) in [5, 5.41) is 3.19. The minimum absolute atomic E-state index is 0. The predicted octanol–water partition coefficient (Wildman–Crippen LogP) is 3.10. The minimum atomic E-state index is 0. The third-order valence-corrected chi connectivity index (χ3v) is 5.05. The Labute approximate surface area is 193 Å². The number of likely N-dealkylation sites (N-methyl/N-ethyl adjacent to an activating group) is 1. The van der Waals surface area contributed by atoms with Crippen molar-refractivity contribution < 1.29 is 9.47 Å². The number of hydrogen-bond donors (Lipinski definition) is 2. The second-order valence-electron chi connectivity index (χ2n) is 7.53. The largest absolute Gasteiger partial charge is 0.494 e. The van der Waals surface area contributed by atoms with Crippen molar-refractivity contribution in [3.63, 3.8) is 0 Å². The third-order valence-electron chi connectivity index (χ3n) is 5.05. The van der Waals surface area contributed by atoms with Gasteiger partial charge in [-0.05, 0) is 38.9 Å². The van der Waals surface area contributed by atoms with Gasteiger partial charge in [0, 0.05) is 38.3 Å². The highest BCUT2D eigenvalue weighted by molar-refractivity contribution is 14.0. The molecule has 1 aliphatic heterocycles. The Bertz CT molecular complexity index is 633. The van der Waals surface area contributed by atoms with Crippen LogP contribution < -0.4 is 20.5 Å². The molecule has 1 aromatic carbocycles. The summed E-state index contributed by atoms with van der Waals surface area (Å²) in [5.74, 6) is 2.43. The van der Waals surface area contributed by atoms with Crippen molar-refractivity contribution in [1.29, 1.82) is 0 Å². The summed E-state index contributed by atoms with van der Waals surface area (Å²) in [6.07, 6.45) is 0. The molecule has 1 fully saturated rings. The average Bonchev–Trinajstić information content (AvgIpc) is 2.65. The molecular formula is C21H38IN5O2. The minimum Gasteiger partial charge on any atom is -0.494 e. The summed E-state index contributed by atoms with van der Waals surface area (Å²) in [6.45, 7) is 14.6. The molecule has 0 saturated carbocycles. The lowest BCUT2D eigenvalue weighted by Crippen LogP contribution is -2.51. The smallest absolute Gasteiger partial charge is 0.193 e. The van der Waals surface area contributed by atoms with Crippen molar-refractivity contribution in [2.45, 2.75) is 33.7 Å². The second kappa shape index (κ2) is 13.1. The number of anilines is 1. The fourth-order valence-corrected chi connectivity index (χ4v) is 3.42. The Morgan fingerprint density at radius 2 is 1.79 bits per heavy atom. The van der Waals surface area contributed by atoms with E-state index in [1.54, 1.807) is 0 Å². The van der Waals surface area contributed by atoms with Crippen LogP contribution in [0.4, 0.5) is 5.69 Å². The summed E-state index contributed by atoms with van der Waals surface area (Å²) in [5.41, 5.74) is 6.98. The first-order valence-corrected chi connectivity index (χ1v) is 10.3. The molecule has 8 heteroatoms. The van der Waals surface area contributed by atoms with E-state index in [1.807, 2.05) is 32.0 Å². The van der Waals surface area contributed by atoms with Crippen LogP contribution in [0, 0.1) is 5.92 Å². The van der Waals surface area contributed by atoms with Gasteiger partial charge in [0.05, 0.1) is 25.4 Å². The molecule has 166 valence electrons. The van der Waals surface area contributed by atoms with Crippen molar-refractivity contribution in [2.75, 3.05) is 58.3 Å². The SMILES string of the molecule is CCOc1ccc(OCC)c(NC(N)=NCC(C(C)C)N2CCN(C)CC2)c1.I. The maximum Gasteiger partial charge on any atom is 0.193 e. The number of hydrogen-bond acceptors (Lipinski definition) is 5. The molecule has 7 nitrogen and oxygen atoms in total. The fourth-order valence-electron chi connectivity index (χ4n) is 3.42. The number of nitrogens with one attached hydrogen (secondary N) is 1. The van der Waals surface area contributed by atoms with E-state index in [0.717, 1.165) is 43.4 Å². The standard InChI is InChI=1S/C21H37N5O2.HI/c1-6-27-17-8-9-20(28-7-2)18(14-17)24-21(22)23-15-19(16(3)4)26-12-10-25(5)11-13-26;/h8-9,14,16,19H,6-7,10-13,15H2,1-5H3,(H3,22,23,24);1H. The number of halogens is 1. The van der Waals surface area contributed by atoms with Crippen LogP contribution in [0.25, 0.3) is 0 Å². The van der Waals surface area contributed by atoms with E-state index in [2.05, 4.69) is 41.0 Å². The van der Waals surface area contributed by atoms with Crippen LogP contribution in [0.15, 0.2) is 23.2 Å². The molecule has 1 saturated heterocycles. The van der Waals surface area contributed by atoms with Crippen LogP contribution in [-0.4, -0.2) is 74.8 Å². The quantitative estimate of drug-likeness (QED) is 0.297. The van der Waals surface area contributed by atoms with Crippen LogP contribution in [0.2, 0.25) is 0 Å². The van der Waals surface area contributed by atoms with Crippen molar-refractivity contribution >= 4 is 35.6 Å². The molecule has 0 bridgehead atoms. The number of piperazine rings is 1. The van der Waals surface area contributed by atoms with Gasteiger partial charge in [0.15, 0.2) is 5.96 Å². The number of rotatable bonds is 9. The zero-order valence-electron chi connectivity index (χ0n) is 18.5. The van der Waals surface area contributed by atoms with Gasteiger partial charge in [-0.3, -0.25) is 9.89 Å². The van der Waals surface area contributed by atoms with Gasteiger partial charge in [-0.1, -0.05) is 13.8 Å². The summed E-state index contributed by atoms with van der Waals surface area (Å²) < 4.78 is 11.3. The molecule has 3 N–H and O–H groups in total. The Morgan fingerprint density at radius 3 is 2.38 bits per heavy atom. The van der Waals surface area contributed by atoms with Crippen molar-refractivity contribution in [3.05, 3.63) is 18.2 Å². The van der Waals surface area contributed by atoms with Gasteiger partial charge in [0.25, 0.3) is 0 Å². The molecule has 0 aromatic heterocycles. The highest BCUT2D eigenvalue weighted by atomic mass is 127. The molecule has 1 aromatic rings. The number of aliphatic imine (C=N–C) groups is 1. The van der Waals surface area contributed by atoms with E-state index in [1.165, 1.54) is 0 Å². The van der Waals surface area contributed by atoms with Crippen LogP contribution in [0.3, 0.4) is 0 Å². The Kier molecular flexibility index (Phi) is 11.7. The maximum absolute atomic E-state index is 6.21. The number of ether oxygens (including phenoxy) is 2. The second-order valence-corrected chi connectivity index (χ2v) is 7.53. The number of nitrogens with zero attached hydrogens (tertiary/aromatic N) is 3. The van der Waals surface area contributed by atoms with Gasteiger partial charge >= 0.3 is 0 Å². The first kappa shape index (κ1) is 25.8. The molecule has 1 aliphatic rings. The molecule has 29 heavy (non-hydrogen) atoms. The molecule has 2 rings (SSSR count). The third kappa shape index (κ3) is 8.18. The lowest BCUT2D eigenvalue weighted by molar-refractivity contribution is 0.0926. The van der Waals surface area contributed by atoms with Crippen molar-refractivity contribution in [3.8, 4) is 11.5 Å². The lowest BCUT2D eigenvalue weighted by atomic mass is 10.0. The summed E-state index contributed by atoms with van der Waals surface area (Å²) in [4.78, 5) is 9.54. The molecule has 1 atom stereocenters. The van der Waals surface area contributed by atoms with Crippen LogP contribution >= 0.6 is 24.0 Å². The van der Waals surface area contributed by atoms with E-state index < -0.39 is 0 Å². The predicted molar refractivity (Wildman–Crippen MR) is 132 cm³/mol. The zero-order valence-corrected chi connectivity index (χ0v) is 20.8. The lowest BCUT2D eigenvalue weighted by Gasteiger charge is -2.39. The number of nitrogens with two attached hydrogens (primary N) is 1. The first-order valence-electron chi connectivity index (χ1n) is 10.3. The van der Waals surface area contributed by atoms with Crippen LogP contribution in [-0.2, 0) is 0 Å². The Hall–Kier alpha value is -1.26. The molecule has 0 radical (unpaired) electrons. The average molecular weight is 519 g/mol. The molecule has 0 aliphatic carbocycles. The Morgan fingerprint density at radius 1 is 1.14 bits per heavy atom. The van der Waals surface area contributed by atoms with Crippen LogP contribution in [0.5, 0.6) is 11.5 Å². The van der Waals surface area contributed by atoms with Crippen molar-refractivity contribution in [2.24, 2.45) is 16.6 Å². The normalized spacial score (nSPS) is 17.0. The first-order chi connectivity index (χ1) is 13.4. The van der Waals surface area contributed by atoms with Gasteiger partial charge in [-0.15, -0.1) is 24.0 Å². The Balaban J connectivity index is 0.00000420. The highest BCUT2D eigenvalue weighted by Crippen LogP contribution is 2.29. The van der Waals surface area contributed by atoms with E-state index in [0.29, 0.717) is 37.7 Å². The fraction of sp³-hybridized carbons (Fsp3) is 0.667. The zero-order chi connectivity index (χ0) is 20.5. The number of benzene rings is 1. The van der Waals surface area contributed by atoms with E-state index in [9.17, 15) is 0 Å². The number of guanidine groups is 1.